The average molecular weight is 525 g/mol. The van der Waals surface area contributed by atoms with Gasteiger partial charge in [-0.15, -0.1) is 12.4 Å². The molecule has 0 radical (unpaired) electrons. The number of rotatable bonds is 8. The third-order valence-electron chi connectivity index (χ3n) is 4.88. The second kappa shape index (κ2) is 19.2. The lowest BCUT2D eigenvalue weighted by Crippen LogP contribution is -2.40. The summed E-state index contributed by atoms with van der Waals surface area (Å²) in [4.78, 5) is 33.7. The van der Waals surface area contributed by atoms with Crippen LogP contribution in [0.15, 0.2) is 60.7 Å². The molecule has 1 heterocycles. The second-order valence-corrected chi connectivity index (χ2v) is 7.99. The van der Waals surface area contributed by atoms with Crippen molar-refractivity contribution in [2.75, 3.05) is 33.2 Å². The summed E-state index contributed by atoms with van der Waals surface area (Å²) in [6, 6.07) is 17.3. The first kappa shape index (κ1) is 33.0. The highest BCUT2D eigenvalue weighted by atomic mass is 35.5. The van der Waals surface area contributed by atoms with Crippen LogP contribution in [0.2, 0.25) is 0 Å². The number of piperazine rings is 1. The molecule has 2 aromatic rings. The van der Waals surface area contributed by atoms with Crippen molar-refractivity contribution >= 4 is 30.3 Å². The molecule has 3 rings (SSSR count). The van der Waals surface area contributed by atoms with Gasteiger partial charge in [0.25, 0.3) is 0 Å². The standard InChI is InChI=1S/C16H17NO2.C5H12N2.C4H7NO4.ClH/c17-15(11-13-7-3-1-4-8-13)16(18)19-12-14-9-5-2-6-10-14;1-7-4-2-6-3-5-7;5-2(4(8)9)1-3(6)7;/h1-10,15H,11-12,17H2;6H,2-5H2,1H3;2H,1,5H2,(H,6,7)(H,8,9);1H/t15-;;2-;/m0.0./s1. The predicted molar refractivity (Wildman–Crippen MR) is 140 cm³/mol. The number of benzene rings is 2. The normalized spacial score (nSPS) is 14.3. The molecule has 10 nitrogen and oxygen atoms in total. The molecule has 0 saturated carbocycles. The van der Waals surface area contributed by atoms with E-state index in [0.29, 0.717) is 6.42 Å². The van der Waals surface area contributed by atoms with Crippen LogP contribution in [-0.4, -0.2) is 78.3 Å². The summed E-state index contributed by atoms with van der Waals surface area (Å²) in [7, 11) is 2.15. The van der Waals surface area contributed by atoms with Crippen molar-refractivity contribution in [1.82, 2.24) is 10.2 Å². The number of carbonyl (C=O) groups excluding carboxylic acids is 1. The molecule has 36 heavy (non-hydrogen) atoms. The molecule has 0 aliphatic carbocycles. The summed E-state index contributed by atoms with van der Waals surface area (Å²) in [5, 5.41) is 19.3. The van der Waals surface area contributed by atoms with Crippen molar-refractivity contribution in [1.29, 1.82) is 0 Å². The Bertz CT molecular complexity index is 883. The molecule has 7 N–H and O–H groups in total. The quantitative estimate of drug-likeness (QED) is 0.315. The van der Waals surface area contributed by atoms with E-state index in [1.165, 1.54) is 13.1 Å². The van der Waals surface area contributed by atoms with E-state index >= 15 is 0 Å². The molecule has 2 aromatic carbocycles. The molecule has 1 aliphatic heterocycles. The highest BCUT2D eigenvalue weighted by molar-refractivity contribution is 5.85. The molecule has 200 valence electrons. The number of carboxylic acids is 2. The van der Waals surface area contributed by atoms with Gasteiger partial charge in [-0.05, 0) is 24.6 Å². The Labute approximate surface area is 218 Å². The van der Waals surface area contributed by atoms with Gasteiger partial charge in [0.15, 0.2) is 0 Å². The molecule has 1 saturated heterocycles. The maximum Gasteiger partial charge on any atom is 0.323 e. The van der Waals surface area contributed by atoms with Crippen molar-refractivity contribution in [2.45, 2.75) is 31.5 Å². The molecule has 0 bridgehead atoms. The van der Waals surface area contributed by atoms with Crippen molar-refractivity contribution in [3.63, 3.8) is 0 Å². The molecule has 11 heteroatoms. The molecule has 2 atom stereocenters. The Balaban J connectivity index is 0.000000600. The van der Waals surface area contributed by atoms with Crippen molar-refractivity contribution in [3.05, 3.63) is 71.8 Å². The third-order valence-corrected chi connectivity index (χ3v) is 4.88. The second-order valence-electron chi connectivity index (χ2n) is 7.99. The monoisotopic (exact) mass is 524 g/mol. The molecule has 0 unspecified atom stereocenters. The van der Waals surface area contributed by atoms with E-state index in [0.717, 1.165) is 24.2 Å². The first-order chi connectivity index (χ1) is 16.7. The Morgan fingerprint density at radius 1 is 0.917 bits per heavy atom. The summed E-state index contributed by atoms with van der Waals surface area (Å²) in [6.07, 6.45) is -0.0379. The first-order valence-electron chi connectivity index (χ1n) is 11.3. The number of hydrogen-bond donors (Lipinski definition) is 5. The van der Waals surface area contributed by atoms with E-state index in [1.54, 1.807) is 0 Å². The van der Waals surface area contributed by atoms with Gasteiger partial charge in [0, 0.05) is 26.2 Å². The van der Waals surface area contributed by atoms with Gasteiger partial charge in [0.05, 0.1) is 6.42 Å². The van der Waals surface area contributed by atoms with Crippen LogP contribution in [-0.2, 0) is 32.1 Å². The highest BCUT2D eigenvalue weighted by Crippen LogP contribution is 2.05. The minimum Gasteiger partial charge on any atom is -0.481 e. The number of hydrogen-bond acceptors (Lipinski definition) is 8. The fourth-order valence-corrected chi connectivity index (χ4v) is 2.84. The minimum absolute atomic E-state index is 0. The molecular weight excluding hydrogens is 488 g/mol. The summed E-state index contributed by atoms with van der Waals surface area (Å²) in [5.74, 6) is -2.87. The number of ether oxygens (including phenoxy) is 1. The molecule has 0 aromatic heterocycles. The summed E-state index contributed by atoms with van der Waals surface area (Å²) >= 11 is 0. The molecule has 0 amide bonds. The number of carboxylic acid groups (broad SMARTS) is 2. The fraction of sp³-hybridized carbons (Fsp3) is 0.400. The van der Waals surface area contributed by atoms with Crippen LogP contribution in [0.1, 0.15) is 17.5 Å². The van der Waals surface area contributed by atoms with Crippen molar-refractivity contribution < 1.29 is 29.3 Å². The fourth-order valence-electron chi connectivity index (χ4n) is 2.84. The Hall–Kier alpha value is -3.02. The largest absolute Gasteiger partial charge is 0.481 e. The Morgan fingerprint density at radius 3 is 1.81 bits per heavy atom. The van der Waals surface area contributed by atoms with E-state index in [9.17, 15) is 14.4 Å². The van der Waals surface area contributed by atoms with Gasteiger partial charge in [0.2, 0.25) is 0 Å². The number of esters is 1. The predicted octanol–water partition coefficient (Wildman–Crippen LogP) is 1.12. The minimum atomic E-state index is -1.29. The molecular formula is C25H37ClN4O6. The van der Waals surface area contributed by atoms with Crippen LogP contribution < -0.4 is 16.8 Å². The number of aliphatic carboxylic acids is 2. The number of likely N-dealkylation sites (N-methyl/N-ethyl adjacent to an activating group) is 1. The maximum atomic E-state index is 11.8. The molecule has 1 fully saturated rings. The zero-order valence-electron chi connectivity index (χ0n) is 20.4. The lowest BCUT2D eigenvalue weighted by molar-refractivity contribution is -0.146. The van der Waals surface area contributed by atoms with Gasteiger partial charge in [-0.1, -0.05) is 60.7 Å². The van der Waals surface area contributed by atoms with Gasteiger partial charge < -0.3 is 36.6 Å². The first-order valence-corrected chi connectivity index (χ1v) is 11.3. The zero-order valence-corrected chi connectivity index (χ0v) is 21.2. The van der Waals surface area contributed by atoms with Crippen molar-refractivity contribution in [3.8, 4) is 0 Å². The lowest BCUT2D eigenvalue weighted by atomic mass is 10.1. The number of nitrogens with one attached hydrogen (secondary N) is 1. The van der Waals surface area contributed by atoms with E-state index in [1.807, 2.05) is 60.7 Å². The Morgan fingerprint density at radius 2 is 1.42 bits per heavy atom. The SMILES string of the molecule is CN1CCNCC1.Cl.N[C@@H](CC(=O)O)C(=O)O.N[C@@H](Cc1ccccc1)C(=O)OCc1ccccc1. The summed E-state index contributed by atoms with van der Waals surface area (Å²) in [5.41, 5.74) is 12.7. The van der Waals surface area contributed by atoms with Crippen LogP contribution in [0.4, 0.5) is 0 Å². The van der Waals surface area contributed by atoms with Crippen LogP contribution in [0.3, 0.4) is 0 Å². The topological polar surface area (TPSA) is 168 Å². The van der Waals surface area contributed by atoms with Crippen LogP contribution in [0.25, 0.3) is 0 Å². The maximum absolute atomic E-state index is 11.8. The van der Waals surface area contributed by atoms with E-state index < -0.39 is 30.4 Å². The van der Waals surface area contributed by atoms with Gasteiger partial charge in [-0.25, -0.2) is 0 Å². The van der Waals surface area contributed by atoms with Gasteiger partial charge in [0.1, 0.15) is 18.7 Å². The highest BCUT2D eigenvalue weighted by Gasteiger charge is 2.16. The Kier molecular flexibility index (Phi) is 17.6. The molecule has 0 spiro atoms. The number of nitrogens with zero attached hydrogens (tertiary/aromatic N) is 1. The van der Waals surface area contributed by atoms with E-state index in [-0.39, 0.29) is 25.0 Å². The number of carbonyl (C=O) groups is 3. The van der Waals surface area contributed by atoms with Crippen LogP contribution in [0.5, 0.6) is 0 Å². The summed E-state index contributed by atoms with van der Waals surface area (Å²) in [6.45, 7) is 5.01. The third kappa shape index (κ3) is 15.8. The molecule has 1 aliphatic rings. The van der Waals surface area contributed by atoms with Crippen molar-refractivity contribution in [2.24, 2.45) is 11.5 Å². The summed E-state index contributed by atoms with van der Waals surface area (Å²) < 4.78 is 5.20. The van der Waals surface area contributed by atoms with E-state index in [2.05, 4.69) is 17.3 Å². The number of nitrogens with two attached hydrogens (primary N) is 2. The smallest absolute Gasteiger partial charge is 0.323 e. The van der Waals surface area contributed by atoms with Crippen LogP contribution >= 0.6 is 12.4 Å². The number of halogens is 1. The van der Waals surface area contributed by atoms with Gasteiger partial charge >= 0.3 is 17.9 Å². The van der Waals surface area contributed by atoms with E-state index in [4.69, 9.17) is 26.4 Å². The zero-order chi connectivity index (χ0) is 26.1. The van der Waals surface area contributed by atoms with Crippen LogP contribution in [0, 0.1) is 0 Å². The average Bonchev–Trinajstić information content (AvgIpc) is 2.84. The lowest BCUT2D eigenvalue weighted by Gasteiger charge is -2.21. The van der Waals surface area contributed by atoms with Gasteiger partial charge in [-0.2, -0.15) is 0 Å². The van der Waals surface area contributed by atoms with Gasteiger partial charge in [-0.3, -0.25) is 14.4 Å².